The van der Waals surface area contributed by atoms with Crippen molar-refractivity contribution in [1.82, 2.24) is 4.90 Å². The molecule has 1 aromatic rings. The van der Waals surface area contributed by atoms with E-state index >= 15 is 0 Å². The first-order chi connectivity index (χ1) is 9.29. The smallest absolute Gasteiger partial charge is 0.475 e. The quantitative estimate of drug-likeness (QED) is 0.872. The van der Waals surface area contributed by atoms with Crippen LogP contribution < -0.4 is 5.73 Å². The van der Waals surface area contributed by atoms with Crippen LogP contribution in [0.5, 0.6) is 0 Å². The summed E-state index contributed by atoms with van der Waals surface area (Å²) in [6.45, 7) is 3.25. The minimum atomic E-state index is -5.08. The zero-order valence-electron chi connectivity index (χ0n) is 10.8. The van der Waals surface area contributed by atoms with Gasteiger partial charge in [-0.15, -0.1) is 0 Å². The highest BCUT2D eigenvalue weighted by molar-refractivity contribution is 5.73. The molecular weight excluding hydrogens is 273 g/mol. The number of nitrogens with two attached hydrogens (primary N) is 1. The Morgan fingerprint density at radius 2 is 1.90 bits per heavy atom. The zero-order chi connectivity index (χ0) is 15.2. The van der Waals surface area contributed by atoms with Gasteiger partial charge in [0.1, 0.15) is 0 Å². The summed E-state index contributed by atoms with van der Waals surface area (Å²) in [5.41, 5.74) is 7.22. The molecule has 0 bridgehead atoms. The second-order valence-corrected chi connectivity index (χ2v) is 4.57. The van der Waals surface area contributed by atoms with Gasteiger partial charge in [0.2, 0.25) is 0 Å². The van der Waals surface area contributed by atoms with E-state index in [9.17, 15) is 13.2 Å². The number of rotatable bonds is 2. The summed E-state index contributed by atoms with van der Waals surface area (Å²) in [5.74, 6) is -2.76. The predicted molar refractivity (Wildman–Crippen MR) is 68.0 cm³/mol. The van der Waals surface area contributed by atoms with Gasteiger partial charge in [-0.05, 0) is 12.0 Å². The Labute approximate surface area is 115 Å². The third kappa shape index (κ3) is 6.03. The number of aliphatic carboxylic acids is 1. The molecule has 2 rings (SSSR count). The molecule has 0 aromatic heterocycles. The van der Waals surface area contributed by atoms with Crippen molar-refractivity contribution < 1.29 is 23.1 Å². The Morgan fingerprint density at radius 1 is 1.35 bits per heavy atom. The first kappa shape index (κ1) is 16.5. The molecule has 1 aromatic carbocycles. The molecule has 0 aliphatic carbocycles. The van der Waals surface area contributed by atoms with Crippen LogP contribution in [-0.2, 0) is 11.3 Å². The van der Waals surface area contributed by atoms with Crippen LogP contribution in [0, 0.1) is 0 Å². The Morgan fingerprint density at radius 3 is 2.30 bits per heavy atom. The lowest BCUT2D eigenvalue weighted by atomic mass is 10.2. The lowest BCUT2D eigenvalue weighted by Gasteiger charge is -2.14. The summed E-state index contributed by atoms with van der Waals surface area (Å²) < 4.78 is 31.7. The molecule has 1 heterocycles. The molecule has 0 amide bonds. The number of halogens is 3. The van der Waals surface area contributed by atoms with E-state index in [1.165, 1.54) is 5.56 Å². The van der Waals surface area contributed by atoms with Gasteiger partial charge in [-0.2, -0.15) is 13.2 Å². The number of hydrogen-bond acceptors (Lipinski definition) is 3. The fraction of sp³-hybridized carbons (Fsp3) is 0.462. The maximum absolute atomic E-state index is 10.6. The van der Waals surface area contributed by atoms with E-state index in [1.54, 1.807) is 0 Å². The zero-order valence-corrected chi connectivity index (χ0v) is 10.8. The van der Waals surface area contributed by atoms with Crippen LogP contribution in [0.4, 0.5) is 13.2 Å². The van der Waals surface area contributed by atoms with Crippen molar-refractivity contribution in [2.75, 3.05) is 13.1 Å². The fourth-order valence-electron chi connectivity index (χ4n) is 1.85. The fourth-order valence-corrected chi connectivity index (χ4v) is 1.85. The Kier molecular flexibility index (Phi) is 5.97. The van der Waals surface area contributed by atoms with E-state index in [-0.39, 0.29) is 0 Å². The van der Waals surface area contributed by atoms with Gasteiger partial charge in [-0.3, -0.25) is 4.90 Å². The molecule has 3 N–H and O–H groups in total. The normalized spacial score (nSPS) is 19.3. The molecule has 1 saturated heterocycles. The highest BCUT2D eigenvalue weighted by Gasteiger charge is 2.38. The van der Waals surface area contributed by atoms with Crippen molar-refractivity contribution >= 4 is 5.97 Å². The van der Waals surface area contributed by atoms with Crippen molar-refractivity contribution in [3.8, 4) is 0 Å². The Bertz CT molecular complexity index is 423. The highest BCUT2D eigenvalue weighted by Crippen LogP contribution is 2.13. The lowest BCUT2D eigenvalue weighted by Crippen LogP contribution is -2.26. The first-order valence-electron chi connectivity index (χ1n) is 6.11. The SMILES string of the molecule is N[C@H]1CCN(Cc2ccccc2)C1.O=C(O)C(F)(F)F. The number of carboxylic acids is 1. The monoisotopic (exact) mass is 290 g/mol. The minimum absolute atomic E-state index is 0.392. The maximum atomic E-state index is 10.6. The summed E-state index contributed by atoms with van der Waals surface area (Å²) in [6, 6.07) is 11.0. The molecular formula is C13H17F3N2O2. The third-order valence-electron chi connectivity index (χ3n) is 2.80. The first-order valence-corrected chi connectivity index (χ1v) is 6.11. The van der Waals surface area contributed by atoms with E-state index in [1.807, 2.05) is 0 Å². The molecule has 1 fully saturated rings. The average molecular weight is 290 g/mol. The summed E-state index contributed by atoms with van der Waals surface area (Å²) in [4.78, 5) is 11.3. The minimum Gasteiger partial charge on any atom is -0.475 e. The molecule has 4 nitrogen and oxygen atoms in total. The van der Waals surface area contributed by atoms with Gasteiger partial charge in [-0.1, -0.05) is 30.3 Å². The van der Waals surface area contributed by atoms with Crippen molar-refractivity contribution in [2.24, 2.45) is 5.73 Å². The van der Waals surface area contributed by atoms with Crippen LogP contribution in [0.1, 0.15) is 12.0 Å². The van der Waals surface area contributed by atoms with E-state index in [4.69, 9.17) is 15.6 Å². The summed E-state index contributed by atoms with van der Waals surface area (Å²) in [5, 5.41) is 7.12. The third-order valence-corrected chi connectivity index (χ3v) is 2.80. The topological polar surface area (TPSA) is 66.6 Å². The molecule has 0 unspecified atom stereocenters. The van der Waals surface area contributed by atoms with Gasteiger partial charge in [0.25, 0.3) is 0 Å². The van der Waals surface area contributed by atoms with Crippen molar-refractivity contribution in [3.05, 3.63) is 35.9 Å². The number of alkyl halides is 3. The van der Waals surface area contributed by atoms with Gasteiger partial charge in [-0.25, -0.2) is 4.79 Å². The van der Waals surface area contributed by atoms with Crippen LogP contribution in [0.25, 0.3) is 0 Å². The summed E-state index contributed by atoms with van der Waals surface area (Å²) >= 11 is 0. The van der Waals surface area contributed by atoms with E-state index in [0.29, 0.717) is 6.04 Å². The lowest BCUT2D eigenvalue weighted by molar-refractivity contribution is -0.192. The molecule has 0 saturated carbocycles. The van der Waals surface area contributed by atoms with Crippen LogP contribution in [0.2, 0.25) is 0 Å². The van der Waals surface area contributed by atoms with E-state index in [2.05, 4.69) is 35.2 Å². The molecule has 1 aliphatic heterocycles. The van der Waals surface area contributed by atoms with Crippen LogP contribution in [0.15, 0.2) is 30.3 Å². The van der Waals surface area contributed by atoms with Crippen LogP contribution in [-0.4, -0.2) is 41.3 Å². The molecule has 7 heteroatoms. The van der Waals surface area contributed by atoms with Crippen LogP contribution in [0.3, 0.4) is 0 Å². The molecule has 0 spiro atoms. The second kappa shape index (κ2) is 7.25. The standard InChI is InChI=1S/C11H16N2.C2HF3O2/c12-11-6-7-13(9-11)8-10-4-2-1-3-5-10;3-2(4,5)1(6)7/h1-5,11H,6-9,12H2;(H,6,7)/t11-;/m0./s1. The summed E-state index contributed by atoms with van der Waals surface area (Å²) in [6.07, 6.45) is -3.94. The highest BCUT2D eigenvalue weighted by atomic mass is 19.4. The molecule has 1 aliphatic rings. The number of hydrogen-bond donors (Lipinski definition) is 2. The molecule has 1 atom stereocenters. The molecule has 20 heavy (non-hydrogen) atoms. The van der Waals surface area contributed by atoms with E-state index in [0.717, 1.165) is 26.1 Å². The largest absolute Gasteiger partial charge is 0.490 e. The number of likely N-dealkylation sites (tertiary alicyclic amines) is 1. The Hall–Kier alpha value is -1.60. The number of carbonyl (C=O) groups is 1. The van der Waals surface area contributed by atoms with Crippen LogP contribution >= 0.6 is 0 Å². The van der Waals surface area contributed by atoms with Crippen molar-refractivity contribution in [2.45, 2.75) is 25.2 Å². The number of benzene rings is 1. The van der Waals surface area contributed by atoms with Gasteiger partial charge in [0, 0.05) is 25.7 Å². The molecule has 0 radical (unpaired) electrons. The van der Waals surface area contributed by atoms with Gasteiger partial charge >= 0.3 is 12.1 Å². The van der Waals surface area contributed by atoms with Gasteiger partial charge < -0.3 is 10.8 Å². The predicted octanol–water partition coefficient (Wildman–Crippen LogP) is 1.85. The summed E-state index contributed by atoms with van der Waals surface area (Å²) in [7, 11) is 0. The maximum Gasteiger partial charge on any atom is 0.490 e. The van der Waals surface area contributed by atoms with Gasteiger partial charge in [0.15, 0.2) is 0 Å². The average Bonchev–Trinajstić information content (AvgIpc) is 2.75. The van der Waals surface area contributed by atoms with Crippen molar-refractivity contribution in [1.29, 1.82) is 0 Å². The Balaban J connectivity index is 0.000000246. The molecule has 112 valence electrons. The number of nitrogens with zero attached hydrogens (tertiary/aromatic N) is 1. The van der Waals surface area contributed by atoms with Gasteiger partial charge in [0.05, 0.1) is 0 Å². The van der Waals surface area contributed by atoms with E-state index < -0.39 is 12.1 Å². The number of carboxylic acid groups (broad SMARTS) is 1. The van der Waals surface area contributed by atoms with Crippen molar-refractivity contribution in [3.63, 3.8) is 0 Å². The second-order valence-electron chi connectivity index (χ2n) is 4.57.